The maximum Gasteiger partial charge on any atom is 0.244 e. The van der Waals surface area contributed by atoms with Gasteiger partial charge in [-0.05, 0) is 36.9 Å². The van der Waals surface area contributed by atoms with E-state index in [9.17, 15) is 13.2 Å². The fraction of sp³-hybridized carbons (Fsp3) is 0.182. The van der Waals surface area contributed by atoms with Gasteiger partial charge in [-0.25, -0.2) is 18.1 Å². The van der Waals surface area contributed by atoms with Crippen LogP contribution in [0.1, 0.15) is 23.0 Å². The Morgan fingerprint density at radius 1 is 1.16 bits per heavy atom. The fourth-order valence-electron chi connectivity index (χ4n) is 3.08. The second kappa shape index (κ2) is 9.59. The molecule has 0 bridgehead atoms. The van der Waals surface area contributed by atoms with E-state index in [0.717, 1.165) is 5.56 Å². The number of aryl methyl sites for hydroxylation is 1. The van der Waals surface area contributed by atoms with Crippen molar-refractivity contribution in [3.8, 4) is 5.75 Å². The van der Waals surface area contributed by atoms with Crippen molar-refractivity contribution in [2.45, 2.75) is 10.9 Å². The molecule has 1 aromatic heterocycles. The molecule has 0 spiro atoms. The first-order chi connectivity index (χ1) is 14.9. The highest BCUT2D eigenvalue weighted by molar-refractivity contribution is 7.89. The van der Waals surface area contributed by atoms with Gasteiger partial charge in [0.15, 0.2) is 0 Å². The van der Waals surface area contributed by atoms with Crippen LogP contribution in [0.4, 0.5) is 0 Å². The van der Waals surface area contributed by atoms with Crippen LogP contribution in [0.15, 0.2) is 71.9 Å². The van der Waals surface area contributed by atoms with Crippen LogP contribution >= 0.6 is 0 Å². The molecule has 1 unspecified atom stereocenters. The number of carbonyl (C=O) groups is 1. The summed E-state index contributed by atoms with van der Waals surface area (Å²) >= 11 is 0. The van der Waals surface area contributed by atoms with E-state index in [4.69, 9.17) is 4.74 Å². The molecule has 0 fully saturated rings. The van der Waals surface area contributed by atoms with Crippen molar-refractivity contribution in [1.29, 1.82) is 0 Å². The first kappa shape index (κ1) is 22.3. The molecule has 3 aromatic rings. The molecule has 2 aromatic carbocycles. The predicted molar refractivity (Wildman–Crippen MR) is 118 cm³/mol. The van der Waals surface area contributed by atoms with Crippen LogP contribution in [0, 0.1) is 0 Å². The number of nitrogens with zero attached hydrogens (tertiary/aromatic N) is 2. The summed E-state index contributed by atoms with van der Waals surface area (Å²) in [5, 5.41) is 2.97. The van der Waals surface area contributed by atoms with E-state index in [2.05, 4.69) is 15.0 Å². The molecule has 0 aliphatic carbocycles. The second-order valence-electron chi connectivity index (χ2n) is 6.69. The number of nitrogens with one attached hydrogen (secondary N) is 2. The van der Waals surface area contributed by atoms with E-state index in [1.165, 1.54) is 25.3 Å². The number of imidazole rings is 1. The van der Waals surface area contributed by atoms with E-state index >= 15 is 0 Å². The lowest BCUT2D eigenvalue weighted by Gasteiger charge is -2.20. The van der Waals surface area contributed by atoms with E-state index in [1.54, 1.807) is 37.7 Å². The Morgan fingerprint density at radius 2 is 1.87 bits per heavy atom. The zero-order valence-electron chi connectivity index (χ0n) is 17.4. The van der Waals surface area contributed by atoms with Gasteiger partial charge in [0.1, 0.15) is 17.6 Å². The number of benzene rings is 2. The monoisotopic (exact) mass is 440 g/mol. The molecule has 1 heterocycles. The van der Waals surface area contributed by atoms with Crippen LogP contribution in [-0.2, 0) is 21.9 Å². The van der Waals surface area contributed by atoms with Crippen LogP contribution in [-0.4, -0.2) is 38.0 Å². The molecule has 3 rings (SSSR count). The molecule has 0 aliphatic rings. The lowest BCUT2D eigenvalue weighted by molar-refractivity contribution is -0.117. The average molecular weight is 441 g/mol. The summed E-state index contributed by atoms with van der Waals surface area (Å²) in [6.45, 7) is 0. The average Bonchev–Trinajstić information content (AvgIpc) is 3.21. The fourth-order valence-corrected chi connectivity index (χ4v) is 3.81. The van der Waals surface area contributed by atoms with Crippen molar-refractivity contribution in [2.75, 3.05) is 14.2 Å². The molecule has 0 aliphatic heterocycles. The summed E-state index contributed by atoms with van der Waals surface area (Å²) < 4.78 is 33.2. The Morgan fingerprint density at radius 3 is 2.48 bits per heavy atom. The molecule has 31 heavy (non-hydrogen) atoms. The smallest absolute Gasteiger partial charge is 0.244 e. The standard InChI is InChI=1S/C22H24N4O4S/c1-23-31(28,29)17-11-8-16(9-12-17)10-13-20(27)25-21(22-24-14-15-26(22)2)18-6-4-5-7-19(18)30-3/h4-15,21,23H,1-3H3,(H,25,27)/b13-10+. The number of sulfonamides is 1. The van der Waals surface area contributed by atoms with Gasteiger partial charge in [0.05, 0.1) is 12.0 Å². The topological polar surface area (TPSA) is 102 Å². The molecule has 9 heteroatoms. The molecule has 8 nitrogen and oxygen atoms in total. The van der Waals surface area contributed by atoms with Crippen molar-refractivity contribution in [3.63, 3.8) is 0 Å². The maximum atomic E-state index is 12.7. The summed E-state index contributed by atoms with van der Waals surface area (Å²) in [6, 6.07) is 13.1. The van der Waals surface area contributed by atoms with Crippen LogP contribution in [0.3, 0.4) is 0 Å². The van der Waals surface area contributed by atoms with Gasteiger partial charge in [-0.2, -0.15) is 0 Å². The zero-order valence-corrected chi connectivity index (χ0v) is 18.3. The van der Waals surface area contributed by atoms with Crippen LogP contribution in [0.25, 0.3) is 6.08 Å². The lowest BCUT2D eigenvalue weighted by Crippen LogP contribution is -2.30. The third kappa shape index (κ3) is 5.19. The molecule has 1 amide bonds. The van der Waals surface area contributed by atoms with Gasteiger partial charge in [-0.1, -0.05) is 30.3 Å². The van der Waals surface area contributed by atoms with Gasteiger partial charge >= 0.3 is 0 Å². The number of amides is 1. The lowest BCUT2D eigenvalue weighted by atomic mass is 10.0. The first-order valence-electron chi connectivity index (χ1n) is 9.48. The van der Waals surface area contributed by atoms with Crippen molar-refractivity contribution in [1.82, 2.24) is 19.6 Å². The predicted octanol–water partition coefficient (Wildman–Crippen LogP) is 2.26. The number of rotatable bonds is 8. The van der Waals surface area contributed by atoms with E-state index in [-0.39, 0.29) is 10.8 Å². The highest BCUT2D eigenvalue weighted by Gasteiger charge is 2.23. The van der Waals surface area contributed by atoms with Crippen LogP contribution in [0.5, 0.6) is 5.75 Å². The summed E-state index contributed by atoms with van der Waals surface area (Å²) in [7, 11) is 1.28. The molecule has 162 valence electrons. The minimum Gasteiger partial charge on any atom is -0.496 e. The van der Waals surface area contributed by atoms with Crippen molar-refractivity contribution >= 4 is 22.0 Å². The number of para-hydroxylation sites is 1. The Bertz CT molecular complexity index is 1180. The molecule has 1 atom stereocenters. The molecular formula is C22H24N4O4S. The normalized spacial score (nSPS) is 12.6. The Balaban J connectivity index is 1.82. The van der Waals surface area contributed by atoms with Crippen molar-refractivity contribution in [3.05, 3.63) is 84.0 Å². The van der Waals surface area contributed by atoms with E-state index < -0.39 is 16.1 Å². The molecular weight excluding hydrogens is 416 g/mol. The van der Waals surface area contributed by atoms with Crippen molar-refractivity contribution in [2.24, 2.45) is 7.05 Å². The quantitative estimate of drug-likeness (QED) is 0.523. The minimum atomic E-state index is -3.50. The van der Waals surface area contributed by atoms with Gasteiger partial charge in [0.2, 0.25) is 15.9 Å². The highest BCUT2D eigenvalue weighted by atomic mass is 32.2. The number of ether oxygens (including phenoxy) is 1. The summed E-state index contributed by atoms with van der Waals surface area (Å²) in [5.74, 6) is 0.972. The SMILES string of the molecule is CNS(=O)(=O)c1ccc(/C=C/C(=O)NC(c2ccccc2OC)c2nccn2C)cc1. The summed E-state index contributed by atoms with van der Waals surface area (Å²) in [6.07, 6.45) is 6.48. The van der Waals surface area contributed by atoms with Crippen molar-refractivity contribution < 1.29 is 17.9 Å². The number of hydrogen-bond donors (Lipinski definition) is 2. The molecule has 0 saturated heterocycles. The summed E-state index contributed by atoms with van der Waals surface area (Å²) in [4.78, 5) is 17.2. The Labute approximate surface area is 181 Å². The van der Waals surface area contributed by atoms with Crippen LogP contribution < -0.4 is 14.8 Å². The second-order valence-corrected chi connectivity index (χ2v) is 8.58. The molecule has 0 saturated carbocycles. The molecule has 0 radical (unpaired) electrons. The highest BCUT2D eigenvalue weighted by Crippen LogP contribution is 2.29. The van der Waals surface area contributed by atoms with Gasteiger partial charge in [-0.3, -0.25) is 4.79 Å². The third-order valence-corrected chi connectivity index (χ3v) is 6.17. The Kier molecular flexibility index (Phi) is 6.88. The van der Waals surface area contributed by atoms with E-state index in [1.807, 2.05) is 35.9 Å². The van der Waals surface area contributed by atoms with Gasteiger partial charge in [0.25, 0.3) is 0 Å². The number of carbonyl (C=O) groups excluding carboxylic acids is 1. The van der Waals surface area contributed by atoms with Gasteiger partial charge in [0, 0.05) is 31.1 Å². The third-order valence-electron chi connectivity index (χ3n) is 4.74. The molecule has 2 N–H and O–H groups in total. The minimum absolute atomic E-state index is 0.155. The summed E-state index contributed by atoms with van der Waals surface area (Å²) in [5.41, 5.74) is 1.47. The van der Waals surface area contributed by atoms with Gasteiger partial charge < -0.3 is 14.6 Å². The number of methoxy groups -OCH3 is 1. The zero-order chi connectivity index (χ0) is 22.4. The maximum absolute atomic E-state index is 12.7. The first-order valence-corrected chi connectivity index (χ1v) is 11.0. The van der Waals surface area contributed by atoms with E-state index in [0.29, 0.717) is 17.1 Å². The number of aromatic nitrogens is 2. The largest absolute Gasteiger partial charge is 0.496 e. The Hall–Kier alpha value is -3.43. The van der Waals surface area contributed by atoms with Crippen LogP contribution in [0.2, 0.25) is 0 Å². The van der Waals surface area contributed by atoms with Gasteiger partial charge in [-0.15, -0.1) is 0 Å². The number of hydrogen-bond acceptors (Lipinski definition) is 5.